The Kier molecular flexibility index (Phi) is 3.10. The van der Waals surface area contributed by atoms with Gasteiger partial charge in [-0.25, -0.2) is 0 Å². The monoisotopic (exact) mass is 293 g/mol. The lowest BCUT2D eigenvalue weighted by molar-refractivity contribution is 1.50. The summed E-state index contributed by atoms with van der Waals surface area (Å²) in [6.45, 7) is 2.15. The zero-order chi connectivity index (χ0) is 15.8. The van der Waals surface area contributed by atoms with Gasteiger partial charge >= 0.3 is 0 Å². The molecule has 0 unspecified atom stereocenters. The van der Waals surface area contributed by atoms with Gasteiger partial charge in [-0.05, 0) is 63.4 Å². The molecule has 0 aliphatic heterocycles. The summed E-state index contributed by atoms with van der Waals surface area (Å²) in [6, 6.07) is 27.4. The third-order valence-corrected chi connectivity index (χ3v) is 4.42. The van der Waals surface area contributed by atoms with E-state index in [1.165, 1.54) is 27.5 Å². The van der Waals surface area contributed by atoms with Crippen LogP contribution in [0.1, 0.15) is 11.1 Å². The molecule has 23 heavy (non-hydrogen) atoms. The Labute approximate surface area is 135 Å². The SMILES string of the molecule is Cc1ccc(-c2ccc3cc(C#N)ccc3c2)c2ccccc12. The molecule has 0 atom stereocenters. The van der Waals surface area contributed by atoms with Crippen molar-refractivity contribution >= 4 is 21.5 Å². The molecule has 0 bridgehead atoms. The molecule has 0 heterocycles. The molecule has 0 radical (unpaired) electrons. The maximum absolute atomic E-state index is 9.02. The minimum absolute atomic E-state index is 0.700. The first-order valence-electron chi connectivity index (χ1n) is 7.69. The summed E-state index contributed by atoms with van der Waals surface area (Å²) in [5.74, 6) is 0. The molecule has 0 fully saturated rings. The number of benzene rings is 4. The predicted molar refractivity (Wildman–Crippen MR) is 96.3 cm³/mol. The lowest BCUT2D eigenvalue weighted by Crippen LogP contribution is -1.85. The number of hydrogen-bond acceptors (Lipinski definition) is 1. The lowest BCUT2D eigenvalue weighted by atomic mass is 9.94. The molecule has 1 nitrogen and oxygen atoms in total. The largest absolute Gasteiger partial charge is 0.192 e. The Hall–Kier alpha value is -3.11. The van der Waals surface area contributed by atoms with Crippen LogP contribution in [0.3, 0.4) is 0 Å². The van der Waals surface area contributed by atoms with E-state index in [0.717, 1.165) is 10.8 Å². The smallest absolute Gasteiger partial charge is 0.0991 e. The number of fused-ring (bicyclic) bond motifs is 2. The summed E-state index contributed by atoms with van der Waals surface area (Å²) >= 11 is 0. The van der Waals surface area contributed by atoms with Crippen LogP contribution in [0, 0.1) is 18.3 Å². The van der Waals surface area contributed by atoms with E-state index in [9.17, 15) is 0 Å². The first kappa shape index (κ1) is 13.5. The van der Waals surface area contributed by atoms with Crippen molar-refractivity contribution in [2.75, 3.05) is 0 Å². The Bertz CT molecular complexity index is 1080. The summed E-state index contributed by atoms with van der Waals surface area (Å²) in [4.78, 5) is 0. The molecule has 0 spiro atoms. The minimum atomic E-state index is 0.700. The highest BCUT2D eigenvalue weighted by atomic mass is 14.2. The maximum atomic E-state index is 9.02. The Morgan fingerprint density at radius 3 is 2.30 bits per heavy atom. The van der Waals surface area contributed by atoms with E-state index in [2.05, 4.69) is 67.6 Å². The molecule has 108 valence electrons. The van der Waals surface area contributed by atoms with E-state index in [1.54, 1.807) is 0 Å². The van der Waals surface area contributed by atoms with Gasteiger partial charge in [0.15, 0.2) is 0 Å². The van der Waals surface area contributed by atoms with Crippen LogP contribution < -0.4 is 0 Å². The van der Waals surface area contributed by atoms with Gasteiger partial charge < -0.3 is 0 Å². The topological polar surface area (TPSA) is 23.8 Å². The highest BCUT2D eigenvalue weighted by molar-refractivity contribution is 6.00. The molecule has 0 N–H and O–H groups in total. The summed E-state index contributed by atoms with van der Waals surface area (Å²) in [7, 11) is 0. The van der Waals surface area contributed by atoms with Crippen LogP contribution in [-0.4, -0.2) is 0 Å². The van der Waals surface area contributed by atoms with E-state index >= 15 is 0 Å². The number of nitrogens with zero attached hydrogens (tertiary/aromatic N) is 1. The van der Waals surface area contributed by atoms with Gasteiger partial charge in [-0.15, -0.1) is 0 Å². The Balaban J connectivity index is 1.96. The molecule has 4 aromatic rings. The van der Waals surface area contributed by atoms with Crippen molar-refractivity contribution in [1.29, 1.82) is 5.26 Å². The summed E-state index contributed by atoms with van der Waals surface area (Å²) < 4.78 is 0. The van der Waals surface area contributed by atoms with Crippen LogP contribution in [0.15, 0.2) is 72.8 Å². The average molecular weight is 293 g/mol. The quantitative estimate of drug-likeness (QED) is 0.432. The van der Waals surface area contributed by atoms with Crippen molar-refractivity contribution in [2.45, 2.75) is 6.92 Å². The third kappa shape index (κ3) is 2.25. The number of rotatable bonds is 1. The van der Waals surface area contributed by atoms with Crippen molar-refractivity contribution in [2.24, 2.45) is 0 Å². The van der Waals surface area contributed by atoms with Crippen LogP contribution in [-0.2, 0) is 0 Å². The molecule has 4 aromatic carbocycles. The second-order valence-electron chi connectivity index (χ2n) is 5.86. The third-order valence-electron chi connectivity index (χ3n) is 4.42. The highest BCUT2D eigenvalue weighted by Crippen LogP contribution is 2.32. The van der Waals surface area contributed by atoms with Crippen LogP contribution in [0.25, 0.3) is 32.7 Å². The normalized spacial score (nSPS) is 10.8. The second kappa shape index (κ2) is 5.26. The van der Waals surface area contributed by atoms with E-state index in [-0.39, 0.29) is 0 Å². The van der Waals surface area contributed by atoms with E-state index in [0.29, 0.717) is 5.56 Å². The van der Waals surface area contributed by atoms with Gasteiger partial charge in [-0.2, -0.15) is 5.26 Å². The Morgan fingerprint density at radius 1 is 0.739 bits per heavy atom. The van der Waals surface area contributed by atoms with Gasteiger partial charge in [0, 0.05) is 0 Å². The van der Waals surface area contributed by atoms with E-state index in [4.69, 9.17) is 5.26 Å². The number of hydrogen-bond donors (Lipinski definition) is 0. The van der Waals surface area contributed by atoms with Crippen molar-refractivity contribution in [3.63, 3.8) is 0 Å². The van der Waals surface area contributed by atoms with Gasteiger partial charge in [-0.1, -0.05) is 54.6 Å². The molecule has 1 heteroatoms. The minimum Gasteiger partial charge on any atom is -0.192 e. The molecule has 0 amide bonds. The average Bonchev–Trinajstić information content (AvgIpc) is 2.61. The molecular weight excluding hydrogens is 278 g/mol. The standard InChI is InChI=1S/C22H15N/c1-15-6-11-21(22-5-3-2-4-20(15)22)19-10-9-17-12-16(14-23)7-8-18(17)13-19/h2-13H,1H3. The molecule has 0 saturated carbocycles. The summed E-state index contributed by atoms with van der Waals surface area (Å²) in [6.07, 6.45) is 0. The summed E-state index contributed by atoms with van der Waals surface area (Å²) in [5.41, 5.74) is 4.45. The second-order valence-corrected chi connectivity index (χ2v) is 5.86. The first-order valence-corrected chi connectivity index (χ1v) is 7.69. The van der Waals surface area contributed by atoms with E-state index in [1.807, 2.05) is 18.2 Å². The first-order chi connectivity index (χ1) is 11.3. The fourth-order valence-corrected chi connectivity index (χ4v) is 3.18. The highest BCUT2D eigenvalue weighted by Gasteiger charge is 2.06. The fraction of sp³-hybridized carbons (Fsp3) is 0.0455. The van der Waals surface area contributed by atoms with Crippen LogP contribution >= 0.6 is 0 Å². The molecule has 0 aliphatic rings. The molecule has 0 saturated heterocycles. The predicted octanol–water partition coefficient (Wildman–Crippen LogP) is 5.84. The van der Waals surface area contributed by atoms with Crippen LogP contribution in [0.4, 0.5) is 0 Å². The number of nitriles is 1. The molecule has 0 aromatic heterocycles. The van der Waals surface area contributed by atoms with Gasteiger partial charge in [-0.3, -0.25) is 0 Å². The van der Waals surface area contributed by atoms with E-state index < -0.39 is 0 Å². The maximum Gasteiger partial charge on any atom is 0.0991 e. The van der Waals surface area contributed by atoms with Crippen molar-refractivity contribution in [3.8, 4) is 17.2 Å². The Morgan fingerprint density at radius 2 is 1.48 bits per heavy atom. The molecular formula is C22H15N. The van der Waals surface area contributed by atoms with Crippen LogP contribution in [0.5, 0.6) is 0 Å². The van der Waals surface area contributed by atoms with Crippen molar-refractivity contribution in [1.82, 2.24) is 0 Å². The molecule has 0 aliphatic carbocycles. The van der Waals surface area contributed by atoms with Crippen molar-refractivity contribution < 1.29 is 0 Å². The fourth-order valence-electron chi connectivity index (χ4n) is 3.18. The van der Waals surface area contributed by atoms with Gasteiger partial charge in [0.25, 0.3) is 0 Å². The van der Waals surface area contributed by atoms with Gasteiger partial charge in [0.1, 0.15) is 0 Å². The molecule has 4 rings (SSSR count). The van der Waals surface area contributed by atoms with Gasteiger partial charge in [0.05, 0.1) is 11.6 Å². The number of aryl methyl sites for hydroxylation is 1. The lowest BCUT2D eigenvalue weighted by Gasteiger charge is -2.10. The summed E-state index contributed by atoms with van der Waals surface area (Å²) in [5, 5.41) is 13.9. The zero-order valence-corrected chi connectivity index (χ0v) is 12.9. The van der Waals surface area contributed by atoms with Gasteiger partial charge in [0.2, 0.25) is 0 Å². The zero-order valence-electron chi connectivity index (χ0n) is 12.9. The van der Waals surface area contributed by atoms with Crippen molar-refractivity contribution in [3.05, 3.63) is 83.9 Å². The van der Waals surface area contributed by atoms with Crippen LogP contribution in [0.2, 0.25) is 0 Å².